The first-order valence-electron chi connectivity index (χ1n) is 4.82. The van der Waals surface area contributed by atoms with Crippen LogP contribution in [0.25, 0.3) is 5.69 Å². The highest BCUT2D eigenvalue weighted by Crippen LogP contribution is 2.04. The molecule has 2 rings (SSSR count). The quantitative estimate of drug-likeness (QED) is 0.778. The zero-order valence-electron chi connectivity index (χ0n) is 8.53. The molecule has 0 saturated carbocycles. The average Bonchev–Trinajstić information content (AvgIpc) is 2.63. The fourth-order valence-electron chi connectivity index (χ4n) is 1.47. The number of aromatic nitrogens is 2. The Kier molecular flexibility index (Phi) is 2.69. The van der Waals surface area contributed by atoms with Crippen LogP contribution in [-0.2, 0) is 6.54 Å². The van der Waals surface area contributed by atoms with Crippen LogP contribution in [-0.4, -0.2) is 16.8 Å². The van der Waals surface area contributed by atoms with E-state index in [0.717, 1.165) is 11.3 Å². The molecule has 4 nitrogen and oxygen atoms in total. The van der Waals surface area contributed by atoms with Crippen molar-refractivity contribution in [3.8, 4) is 5.69 Å². The summed E-state index contributed by atoms with van der Waals surface area (Å²) in [4.78, 5) is 11.5. The van der Waals surface area contributed by atoms with Gasteiger partial charge in [0.1, 0.15) is 0 Å². The van der Waals surface area contributed by atoms with E-state index in [1.165, 1.54) is 0 Å². The summed E-state index contributed by atoms with van der Waals surface area (Å²) in [6.07, 6.45) is 1.81. The fraction of sp³-hybridized carbons (Fsp3) is 0.182. The average molecular weight is 203 g/mol. The molecule has 0 fully saturated rings. The van der Waals surface area contributed by atoms with Crippen molar-refractivity contribution in [2.75, 3.05) is 7.05 Å². The van der Waals surface area contributed by atoms with Gasteiger partial charge < -0.3 is 5.32 Å². The molecule has 2 aromatic rings. The summed E-state index contributed by atoms with van der Waals surface area (Å²) in [5, 5.41) is 5.72. The Hall–Kier alpha value is -1.81. The number of hydrogen-bond donors (Lipinski definition) is 2. The van der Waals surface area contributed by atoms with Gasteiger partial charge >= 0.3 is 0 Å². The van der Waals surface area contributed by atoms with E-state index in [0.29, 0.717) is 6.54 Å². The number of nitrogens with zero attached hydrogens (tertiary/aromatic N) is 1. The maximum atomic E-state index is 11.5. The van der Waals surface area contributed by atoms with E-state index in [4.69, 9.17) is 0 Å². The molecule has 0 spiro atoms. The zero-order chi connectivity index (χ0) is 10.7. The zero-order valence-corrected chi connectivity index (χ0v) is 8.53. The van der Waals surface area contributed by atoms with Gasteiger partial charge in [0.25, 0.3) is 5.56 Å². The Labute approximate surface area is 87.5 Å². The minimum Gasteiger partial charge on any atom is -0.315 e. The Balaban J connectivity index is 2.39. The number of rotatable bonds is 3. The van der Waals surface area contributed by atoms with Crippen molar-refractivity contribution in [3.63, 3.8) is 0 Å². The van der Waals surface area contributed by atoms with Crippen LogP contribution in [0.15, 0.2) is 41.3 Å². The van der Waals surface area contributed by atoms with Gasteiger partial charge in [-0.2, -0.15) is 0 Å². The predicted octanol–water partition coefficient (Wildman–Crippen LogP) is 0.885. The van der Waals surface area contributed by atoms with Gasteiger partial charge in [0.05, 0.1) is 11.3 Å². The molecule has 1 aromatic carbocycles. The lowest BCUT2D eigenvalue weighted by Crippen LogP contribution is -2.13. The van der Waals surface area contributed by atoms with E-state index >= 15 is 0 Å². The van der Waals surface area contributed by atoms with Crippen LogP contribution in [0.3, 0.4) is 0 Å². The number of hydrogen-bond acceptors (Lipinski definition) is 2. The monoisotopic (exact) mass is 203 g/mol. The molecule has 1 aromatic heterocycles. The number of aromatic amines is 1. The third kappa shape index (κ3) is 1.99. The molecule has 15 heavy (non-hydrogen) atoms. The van der Waals surface area contributed by atoms with Crippen LogP contribution in [0, 0.1) is 0 Å². The molecule has 0 amide bonds. The summed E-state index contributed by atoms with van der Waals surface area (Å²) >= 11 is 0. The minimum absolute atomic E-state index is 0.0480. The van der Waals surface area contributed by atoms with Gasteiger partial charge in [0.2, 0.25) is 0 Å². The van der Waals surface area contributed by atoms with E-state index in [-0.39, 0.29) is 5.56 Å². The summed E-state index contributed by atoms with van der Waals surface area (Å²) in [6, 6.07) is 9.70. The third-order valence-corrected chi connectivity index (χ3v) is 2.20. The van der Waals surface area contributed by atoms with Crippen molar-refractivity contribution in [3.05, 3.63) is 52.4 Å². The summed E-state index contributed by atoms with van der Waals surface area (Å²) in [7, 11) is 1.82. The summed E-state index contributed by atoms with van der Waals surface area (Å²) in [5.74, 6) is 0. The largest absolute Gasteiger partial charge is 0.315 e. The van der Waals surface area contributed by atoms with Gasteiger partial charge in [0.15, 0.2) is 0 Å². The summed E-state index contributed by atoms with van der Waals surface area (Å²) in [5.41, 5.74) is 1.64. The highest BCUT2D eigenvalue weighted by atomic mass is 16.1. The van der Waals surface area contributed by atoms with Crippen molar-refractivity contribution < 1.29 is 0 Å². The van der Waals surface area contributed by atoms with Crippen LogP contribution in [0.4, 0.5) is 0 Å². The van der Waals surface area contributed by atoms with Crippen LogP contribution in [0.2, 0.25) is 0 Å². The Morgan fingerprint density at radius 1 is 1.33 bits per heavy atom. The molecule has 0 atom stereocenters. The van der Waals surface area contributed by atoms with Gasteiger partial charge in [-0.25, -0.2) is 0 Å². The molecular formula is C11H13N3O. The van der Waals surface area contributed by atoms with Crippen molar-refractivity contribution >= 4 is 0 Å². The normalized spacial score (nSPS) is 10.5. The van der Waals surface area contributed by atoms with Crippen LogP contribution in [0.1, 0.15) is 5.56 Å². The first-order chi connectivity index (χ1) is 7.31. The first-order valence-corrected chi connectivity index (χ1v) is 4.82. The SMILES string of the molecule is CNCc1cn(-c2ccccc2)[nH]c1=O. The molecule has 0 unspecified atom stereocenters. The lowest BCUT2D eigenvalue weighted by molar-refractivity contribution is 0.812. The van der Waals surface area contributed by atoms with Crippen molar-refractivity contribution in [2.24, 2.45) is 0 Å². The Bertz CT molecular complexity index is 484. The number of para-hydroxylation sites is 1. The van der Waals surface area contributed by atoms with E-state index in [9.17, 15) is 4.79 Å². The maximum Gasteiger partial charge on any atom is 0.268 e. The molecule has 0 saturated heterocycles. The Morgan fingerprint density at radius 3 is 2.73 bits per heavy atom. The highest BCUT2D eigenvalue weighted by molar-refractivity contribution is 5.30. The van der Waals surface area contributed by atoms with Crippen molar-refractivity contribution in [1.82, 2.24) is 15.1 Å². The molecular weight excluding hydrogens is 190 g/mol. The molecule has 0 radical (unpaired) electrons. The second-order valence-electron chi connectivity index (χ2n) is 3.33. The van der Waals surface area contributed by atoms with E-state index in [2.05, 4.69) is 10.4 Å². The molecule has 0 aliphatic heterocycles. The first kappa shape index (κ1) is 9.73. The van der Waals surface area contributed by atoms with Crippen LogP contribution in [0.5, 0.6) is 0 Å². The minimum atomic E-state index is -0.0480. The highest BCUT2D eigenvalue weighted by Gasteiger charge is 2.03. The number of nitrogens with one attached hydrogen (secondary N) is 2. The van der Waals surface area contributed by atoms with Crippen molar-refractivity contribution in [2.45, 2.75) is 6.54 Å². The smallest absolute Gasteiger partial charge is 0.268 e. The summed E-state index contributed by atoms with van der Waals surface area (Å²) in [6.45, 7) is 0.579. The molecule has 4 heteroatoms. The van der Waals surface area contributed by atoms with E-state index in [1.54, 1.807) is 4.68 Å². The Morgan fingerprint density at radius 2 is 2.07 bits per heavy atom. The van der Waals surface area contributed by atoms with Gasteiger partial charge in [-0.05, 0) is 19.2 Å². The number of H-pyrrole nitrogens is 1. The predicted molar refractivity (Wildman–Crippen MR) is 59.2 cm³/mol. The molecule has 0 aliphatic rings. The second kappa shape index (κ2) is 4.14. The fourth-order valence-corrected chi connectivity index (χ4v) is 1.47. The molecule has 0 bridgehead atoms. The lowest BCUT2D eigenvalue weighted by atomic mass is 10.3. The third-order valence-electron chi connectivity index (χ3n) is 2.20. The van der Waals surface area contributed by atoms with E-state index < -0.39 is 0 Å². The molecule has 1 heterocycles. The van der Waals surface area contributed by atoms with Gasteiger partial charge in [0, 0.05) is 12.7 Å². The van der Waals surface area contributed by atoms with Crippen LogP contribution >= 0.6 is 0 Å². The van der Waals surface area contributed by atoms with Gasteiger partial charge in [-0.1, -0.05) is 18.2 Å². The van der Waals surface area contributed by atoms with Crippen LogP contribution < -0.4 is 10.9 Å². The molecule has 78 valence electrons. The van der Waals surface area contributed by atoms with Gasteiger partial charge in [-0.15, -0.1) is 0 Å². The van der Waals surface area contributed by atoms with E-state index in [1.807, 2.05) is 43.6 Å². The topological polar surface area (TPSA) is 49.8 Å². The maximum absolute atomic E-state index is 11.5. The lowest BCUT2D eigenvalue weighted by Gasteiger charge is -1.99. The summed E-state index contributed by atoms with van der Waals surface area (Å²) < 4.78 is 1.73. The molecule has 0 aliphatic carbocycles. The number of benzene rings is 1. The standard InChI is InChI=1S/C11H13N3O/c1-12-7-9-8-14(13-11(9)15)10-5-3-2-4-6-10/h2-6,8,12H,7H2,1H3,(H,13,15). The molecule has 2 N–H and O–H groups in total. The second-order valence-corrected chi connectivity index (χ2v) is 3.33. The van der Waals surface area contributed by atoms with Crippen molar-refractivity contribution in [1.29, 1.82) is 0 Å². The van der Waals surface area contributed by atoms with Gasteiger partial charge in [-0.3, -0.25) is 14.6 Å².